The molecule has 0 aliphatic heterocycles. The Labute approximate surface area is 347 Å². The SMILES string of the molecule is C=Cc1c(C=C)c(-c2ccccc2)c2c(c1-c1ccccc1)-c1ccccccc3c(=C/C=C/C=C/CC)/c(=N\C=C/C)c(=c4\ccccc4=C)/c=3cc3cccc-2c13. The van der Waals surface area contributed by atoms with Crippen LogP contribution < -0.4 is 15.8 Å². The maximum Gasteiger partial charge on any atom is 0.0792 e. The summed E-state index contributed by atoms with van der Waals surface area (Å²) in [5, 5.41) is 9.51. The lowest BCUT2D eigenvalue weighted by Gasteiger charge is -2.22. The van der Waals surface area contributed by atoms with Crippen molar-refractivity contribution in [1.82, 2.24) is 0 Å². The van der Waals surface area contributed by atoms with Crippen LogP contribution in [0.15, 0.2) is 200 Å². The van der Waals surface area contributed by atoms with Gasteiger partial charge in [-0.3, -0.25) is 4.99 Å². The van der Waals surface area contributed by atoms with Crippen LogP contribution in [0.3, 0.4) is 0 Å². The Kier molecular flexibility index (Phi) is 11.4. The molecule has 0 bridgehead atoms. The predicted molar refractivity (Wildman–Crippen MR) is 255 cm³/mol. The molecule has 0 fully saturated rings. The zero-order valence-corrected chi connectivity index (χ0v) is 33.8. The highest BCUT2D eigenvalue weighted by Gasteiger charge is 2.31. The van der Waals surface area contributed by atoms with E-state index in [2.05, 4.69) is 197 Å². The van der Waals surface area contributed by atoms with E-state index in [1.165, 1.54) is 22.1 Å². The molecule has 0 amide bonds. The van der Waals surface area contributed by atoms with Gasteiger partial charge in [0.25, 0.3) is 0 Å². The van der Waals surface area contributed by atoms with E-state index in [9.17, 15) is 0 Å². The summed E-state index contributed by atoms with van der Waals surface area (Å²) in [7, 11) is 0. The van der Waals surface area contributed by atoms with Crippen LogP contribution in [0.2, 0.25) is 0 Å². The minimum atomic E-state index is 0.912. The lowest BCUT2D eigenvalue weighted by molar-refractivity contribution is 1.22. The number of fused-ring (bicyclic) bond motifs is 3. The quantitative estimate of drug-likeness (QED) is 0.137. The van der Waals surface area contributed by atoms with Crippen molar-refractivity contribution in [2.75, 3.05) is 0 Å². The summed E-state index contributed by atoms with van der Waals surface area (Å²) in [5.41, 5.74) is 11.5. The van der Waals surface area contributed by atoms with Crippen LogP contribution in [-0.2, 0) is 0 Å². The van der Waals surface area contributed by atoms with Gasteiger partial charge in [-0.2, -0.15) is 0 Å². The number of benzene rings is 5. The fraction of sp³-hybridized carbons (Fsp3) is 0.0517. The largest absolute Gasteiger partial charge is 0.256 e. The van der Waals surface area contributed by atoms with Crippen molar-refractivity contribution >= 4 is 35.6 Å². The topological polar surface area (TPSA) is 12.4 Å². The minimum absolute atomic E-state index is 0.912. The van der Waals surface area contributed by atoms with Gasteiger partial charge in [0.2, 0.25) is 0 Å². The monoisotopic (exact) mass is 757 g/mol. The molecule has 0 radical (unpaired) electrons. The molecule has 5 aromatic carbocycles. The minimum Gasteiger partial charge on any atom is -0.256 e. The summed E-state index contributed by atoms with van der Waals surface area (Å²) < 4.78 is 0. The molecule has 284 valence electrons. The van der Waals surface area contributed by atoms with Gasteiger partial charge in [0, 0.05) is 16.6 Å². The highest BCUT2D eigenvalue weighted by molar-refractivity contribution is 6.22. The Morgan fingerprint density at radius 1 is 0.559 bits per heavy atom. The summed E-state index contributed by atoms with van der Waals surface area (Å²) in [6, 6.07) is 52.0. The molecular formula is C58H47N. The lowest BCUT2D eigenvalue weighted by atomic mass is 9.80. The van der Waals surface area contributed by atoms with Crippen LogP contribution >= 0.6 is 0 Å². The van der Waals surface area contributed by atoms with Crippen molar-refractivity contribution in [3.8, 4) is 44.5 Å². The van der Waals surface area contributed by atoms with E-state index in [1.807, 2.05) is 37.4 Å². The van der Waals surface area contributed by atoms with E-state index < -0.39 is 0 Å². The van der Waals surface area contributed by atoms with Crippen molar-refractivity contribution in [3.05, 3.63) is 243 Å². The molecule has 3 aliphatic rings. The van der Waals surface area contributed by atoms with E-state index in [4.69, 9.17) is 4.99 Å². The third-order valence-electron chi connectivity index (χ3n) is 11.0. The number of allylic oxidation sites excluding steroid dienone is 5. The lowest BCUT2D eigenvalue weighted by Crippen LogP contribution is -2.23. The fourth-order valence-electron chi connectivity index (χ4n) is 8.56. The summed E-state index contributed by atoms with van der Waals surface area (Å²) in [6.07, 6.45) is 19.5. The summed E-state index contributed by atoms with van der Waals surface area (Å²) >= 11 is 0. The Balaban J connectivity index is 1.69. The summed E-state index contributed by atoms with van der Waals surface area (Å²) in [5.74, 6) is 0. The number of rotatable bonds is 8. The van der Waals surface area contributed by atoms with Gasteiger partial charge in [0.1, 0.15) is 0 Å². The zero-order chi connectivity index (χ0) is 40.7. The molecule has 1 heteroatoms. The van der Waals surface area contributed by atoms with Crippen molar-refractivity contribution in [3.63, 3.8) is 0 Å². The first-order valence-corrected chi connectivity index (χ1v) is 20.3. The zero-order valence-electron chi connectivity index (χ0n) is 33.8. The second kappa shape index (κ2) is 17.4. The van der Waals surface area contributed by atoms with Crippen molar-refractivity contribution in [1.29, 1.82) is 0 Å². The van der Waals surface area contributed by atoms with Gasteiger partial charge in [0.15, 0.2) is 0 Å². The second-order valence-electron chi connectivity index (χ2n) is 14.5. The van der Waals surface area contributed by atoms with Crippen molar-refractivity contribution < 1.29 is 0 Å². The predicted octanol–water partition coefficient (Wildman–Crippen LogP) is 13.4. The van der Waals surface area contributed by atoms with Crippen LogP contribution in [0.1, 0.15) is 31.4 Å². The third-order valence-corrected chi connectivity index (χ3v) is 11.0. The van der Waals surface area contributed by atoms with E-state index in [-0.39, 0.29) is 0 Å². The smallest absolute Gasteiger partial charge is 0.0792 e. The Morgan fingerprint density at radius 3 is 1.73 bits per heavy atom. The first-order valence-electron chi connectivity index (χ1n) is 20.3. The maximum absolute atomic E-state index is 5.17. The van der Waals surface area contributed by atoms with Gasteiger partial charge >= 0.3 is 0 Å². The van der Waals surface area contributed by atoms with Gasteiger partial charge < -0.3 is 0 Å². The average Bonchev–Trinajstić information content (AvgIpc) is 3.74. The first kappa shape index (κ1) is 38.5. The summed E-state index contributed by atoms with van der Waals surface area (Å²) in [4.78, 5) is 5.17. The van der Waals surface area contributed by atoms with Crippen LogP contribution in [0.4, 0.5) is 0 Å². The Morgan fingerprint density at radius 2 is 1.12 bits per heavy atom. The molecule has 59 heavy (non-hydrogen) atoms. The van der Waals surface area contributed by atoms with Crippen LogP contribution in [0.5, 0.6) is 0 Å². The van der Waals surface area contributed by atoms with E-state index in [0.717, 1.165) is 87.4 Å². The number of hydrogen-bond acceptors (Lipinski definition) is 1. The van der Waals surface area contributed by atoms with E-state index in [1.54, 1.807) is 0 Å². The molecule has 3 aliphatic carbocycles. The molecule has 1 nitrogen and oxygen atoms in total. The molecule has 0 aromatic heterocycles. The molecule has 0 spiro atoms. The van der Waals surface area contributed by atoms with Gasteiger partial charge in [-0.25, -0.2) is 0 Å². The standard InChI is InChI=1S/C58H47N/c1-6-10-11-12-22-35-48-47-34-21-13-14-23-36-49-52-43(39-51(47)55(58(48)59-38-7-2)46-33-25-24-27-40(46)5)32-26-37-50(52)57-54(42-30-19-16-20-31-42)45(9-4)44(8-3)53(56(49)57)41-28-17-15-18-29-41/h7-39H,3-6H2,1-2H3/b11-10+,14-13?,21-13?,22-12+,23-14?,34-21?,36-23?,38-7-,43-39?,47-34?,48-35-,49-36?,51-39?,55-46+,59-58+. The van der Waals surface area contributed by atoms with Gasteiger partial charge in [-0.1, -0.05) is 215 Å². The van der Waals surface area contributed by atoms with Crippen LogP contribution in [0, 0.1) is 20.9 Å². The third kappa shape index (κ3) is 7.13. The van der Waals surface area contributed by atoms with Gasteiger partial charge in [-0.15, -0.1) is 0 Å². The molecule has 8 rings (SSSR count). The van der Waals surface area contributed by atoms with E-state index in [0.29, 0.717) is 0 Å². The van der Waals surface area contributed by atoms with Crippen LogP contribution in [-0.4, -0.2) is 0 Å². The Bertz CT molecular complexity index is 3300. The first-order chi connectivity index (χ1) is 29.1. The fourth-order valence-corrected chi connectivity index (χ4v) is 8.56. The molecule has 0 saturated heterocycles. The molecular weight excluding hydrogens is 711 g/mol. The maximum atomic E-state index is 5.17. The summed E-state index contributed by atoms with van der Waals surface area (Å²) in [6.45, 7) is 17.5. The van der Waals surface area contributed by atoms with Crippen molar-refractivity contribution in [2.24, 2.45) is 4.99 Å². The molecule has 0 atom stereocenters. The number of hydrogen-bond donors (Lipinski definition) is 0. The second-order valence-corrected chi connectivity index (χ2v) is 14.5. The Hall–Kier alpha value is -7.35. The van der Waals surface area contributed by atoms with E-state index >= 15 is 0 Å². The van der Waals surface area contributed by atoms with Crippen molar-refractivity contribution in [2.45, 2.75) is 20.3 Å². The number of nitrogens with zero attached hydrogens (tertiary/aromatic N) is 1. The molecule has 0 N–H and O–H groups in total. The highest BCUT2D eigenvalue weighted by Crippen LogP contribution is 2.56. The normalized spacial score (nSPS) is 13.1. The van der Waals surface area contributed by atoms with Gasteiger partial charge in [0.05, 0.1) is 5.36 Å². The van der Waals surface area contributed by atoms with Gasteiger partial charge in [-0.05, 0) is 107 Å². The molecule has 0 unspecified atom stereocenters. The van der Waals surface area contributed by atoms with Crippen LogP contribution in [0.25, 0.3) is 80.1 Å². The average molecular weight is 758 g/mol. The highest BCUT2D eigenvalue weighted by atomic mass is 14.7. The molecule has 0 heterocycles. The molecule has 5 aromatic rings. The molecule has 0 saturated carbocycles.